The molecule has 1 aliphatic heterocycles. The maximum absolute atomic E-state index is 4.36. The molecule has 4 nitrogen and oxygen atoms in total. The van der Waals surface area contributed by atoms with E-state index in [0.717, 1.165) is 18.3 Å². The van der Waals surface area contributed by atoms with Gasteiger partial charge in [-0.15, -0.1) is 0 Å². The number of piperidine rings is 1. The lowest BCUT2D eigenvalue weighted by Crippen LogP contribution is -2.30. The molecule has 0 saturated carbocycles. The molecule has 17 heavy (non-hydrogen) atoms. The summed E-state index contributed by atoms with van der Waals surface area (Å²) >= 11 is 0. The van der Waals surface area contributed by atoms with Gasteiger partial charge in [0.25, 0.3) is 0 Å². The molecule has 2 heterocycles. The number of aromatic nitrogens is 2. The van der Waals surface area contributed by atoms with Crippen LogP contribution >= 0.6 is 0 Å². The van der Waals surface area contributed by atoms with Crippen molar-refractivity contribution in [2.45, 2.75) is 25.8 Å². The summed E-state index contributed by atoms with van der Waals surface area (Å²) in [6.45, 7) is 4.54. The molecule has 0 atom stereocenters. The molecule has 0 unspecified atom stereocenters. The van der Waals surface area contributed by atoms with Gasteiger partial charge in [0, 0.05) is 19.4 Å². The van der Waals surface area contributed by atoms with Crippen LogP contribution in [-0.2, 0) is 13.6 Å². The van der Waals surface area contributed by atoms with Gasteiger partial charge in [0.2, 0.25) is 0 Å². The molecule has 96 valence electrons. The first-order chi connectivity index (χ1) is 8.25. The zero-order valence-corrected chi connectivity index (χ0v) is 11.0. The molecule has 2 rings (SSSR count). The second-order valence-corrected chi connectivity index (χ2v) is 5.17. The fourth-order valence-corrected chi connectivity index (χ4v) is 2.44. The van der Waals surface area contributed by atoms with Crippen molar-refractivity contribution in [1.82, 2.24) is 19.8 Å². The van der Waals surface area contributed by atoms with Crippen molar-refractivity contribution < 1.29 is 0 Å². The Morgan fingerprint density at radius 1 is 1.47 bits per heavy atom. The summed E-state index contributed by atoms with van der Waals surface area (Å²) < 4.78 is 2.10. The van der Waals surface area contributed by atoms with Crippen LogP contribution in [0.5, 0.6) is 0 Å². The Kier molecular flexibility index (Phi) is 4.57. The van der Waals surface area contributed by atoms with Crippen LogP contribution in [0.4, 0.5) is 0 Å². The Bertz CT molecular complexity index is 328. The summed E-state index contributed by atoms with van der Waals surface area (Å²) in [6.07, 6.45) is 7.89. The van der Waals surface area contributed by atoms with Crippen LogP contribution in [0.2, 0.25) is 0 Å². The van der Waals surface area contributed by atoms with Gasteiger partial charge in [0.1, 0.15) is 5.82 Å². The van der Waals surface area contributed by atoms with Crippen LogP contribution < -0.4 is 5.32 Å². The highest BCUT2D eigenvalue weighted by Crippen LogP contribution is 2.16. The Morgan fingerprint density at radius 2 is 2.24 bits per heavy atom. The van der Waals surface area contributed by atoms with Crippen molar-refractivity contribution in [3.63, 3.8) is 0 Å². The van der Waals surface area contributed by atoms with Gasteiger partial charge in [0.15, 0.2) is 0 Å². The first-order valence-corrected chi connectivity index (χ1v) is 6.61. The van der Waals surface area contributed by atoms with Crippen LogP contribution in [-0.4, -0.2) is 41.1 Å². The third-order valence-electron chi connectivity index (χ3n) is 3.71. The van der Waals surface area contributed by atoms with Crippen LogP contribution in [0.1, 0.15) is 25.1 Å². The summed E-state index contributed by atoms with van der Waals surface area (Å²) in [7, 11) is 4.25. The van der Waals surface area contributed by atoms with Crippen molar-refractivity contribution in [1.29, 1.82) is 0 Å². The van der Waals surface area contributed by atoms with Gasteiger partial charge < -0.3 is 9.88 Å². The van der Waals surface area contributed by atoms with Gasteiger partial charge in [-0.05, 0) is 51.9 Å². The van der Waals surface area contributed by atoms with Crippen molar-refractivity contribution >= 4 is 0 Å². The topological polar surface area (TPSA) is 33.1 Å². The van der Waals surface area contributed by atoms with Gasteiger partial charge in [0.05, 0.1) is 6.54 Å². The SMILES string of the molecule is CN(CCC1CCNCC1)Cc1nccn1C. The monoisotopic (exact) mass is 236 g/mol. The smallest absolute Gasteiger partial charge is 0.122 e. The van der Waals surface area contributed by atoms with Gasteiger partial charge in [-0.1, -0.05) is 0 Å². The van der Waals surface area contributed by atoms with E-state index in [0.29, 0.717) is 0 Å². The molecule has 1 N–H and O–H groups in total. The first kappa shape index (κ1) is 12.6. The van der Waals surface area contributed by atoms with Gasteiger partial charge in [-0.25, -0.2) is 4.98 Å². The fraction of sp³-hybridized carbons (Fsp3) is 0.769. The summed E-state index contributed by atoms with van der Waals surface area (Å²) in [5.74, 6) is 2.07. The molecular weight excluding hydrogens is 212 g/mol. The van der Waals surface area contributed by atoms with Crippen molar-refractivity contribution in [3.8, 4) is 0 Å². The Balaban J connectivity index is 1.70. The van der Waals surface area contributed by atoms with E-state index >= 15 is 0 Å². The van der Waals surface area contributed by atoms with E-state index in [4.69, 9.17) is 0 Å². The van der Waals surface area contributed by atoms with Crippen molar-refractivity contribution in [2.24, 2.45) is 13.0 Å². The first-order valence-electron chi connectivity index (χ1n) is 6.61. The summed E-state index contributed by atoms with van der Waals surface area (Å²) in [4.78, 5) is 6.74. The number of nitrogens with one attached hydrogen (secondary N) is 1. The summed E-state index contributed by atoms with van der Waals surface area (Å²) in [5.41, 5.74) is 0. The zero-order chi connectivity index (χ0) is 12.1. The maximum atomic E-state index is 4.36. The highest BCUT2D eigenvalue weighted by Gasteiger charge is 2.13. The third kappa shape index (κ3) is 3.82. The number of hydrogen-bond donors (Lipinski definition) is 1. The Hall–Kier alpha value is -0.870. The minimum atomic E-state index is 0.917. The van der Waals surface area contributed by atoms with E-state index < -0.39 is 0 Å². The van der Waals surface area contributed by atoms with Crippen LogP contribution in [0.3, 0.4) is 0 Å². The standard InChI is InChI=1S/C13H24N4/c1-16(11-13-15-8-10-17(13)2)9-5-12-3-6-14-7-4-12/h8,10,12,14H,3-7,9,11H2,1-2H3. The summed E-state index contributed by atoms with van der Waals surface area (Å²) in [5, 5.41) is 3.42. The van der Waals surface area contributed by atoms with E-state index in [-0.39, 0.29) is 0 Å². The van der Waals surface area contributed by atoms with E-state index in [1.807, 2.05) is 12.4 Å². The molecule has 0 aliphatic carbocycles. The third-order valence-corrected chi connectivity index (χ3v) is 3.71. The minimum absolute atomic E-state index is 0.917. The van der Waals surface area contributed by atoms with E-state index in [9.17, 15) is 0 Å². The molecule has 0 bridgehead atoms. The Labute approximate surface area is 104 Å². The molecule has 1 aromatic heterocycles. The van der Waals surface area contributed by atoms with Gasteiger partial charge in [-0.2, -0.15) is 0 Å². The second-order valence-electron chi connectivity index (χ2n) is 5.17. The molecule has 0 aromatic carbocycles. The quantitative estimate of drug-likeness (QED) is 0.835. The average Bonchev–Trinajstić information content (AvgIpc) is 2.74. The molecule has 0 radical (unpaired) electrons. The van der Waals surface area contributed by atoms with Crippen LogP contribution in [0, 0.1) is 5.92 Å². The summed E-state index contributed by atoms with van der Waals surface area (Å²) in [6, 6.07) is 0. The molecule has 0 spiro atoms. The van der Waals surface area contributed by atoms with Crippen LogP contribution in [0.25, 0.3) is 0 Å². The maximum Gasteiger partial charge on any atom is 0.122 e. The predicted molar refractivity (Wildman–Crippen MR) is 69.8 cm³/mol. The number of aryl methyl sites for hydroxylation is 1. The number of imidazole rings is 1. The number of rotatable bonds is 5. The fourth-order valence-electron chi connectivity index (χ4n) is 2.44. The molecule has 0 amide bonds. The van der Waals surface area contributed by atoms with E-state index in [2.05, 4.69) is 33.9 Å². The van der Waals surface area contributed by atoms with E-state index in [1.54, 1.807) is 0 Å². The lowest BCUT2D eigenvalue weighted by Gasteiger charge is -2.25. The van der Waals surface area contributed by atoms with Crippen molar-refractivity contribution in [3.05, 3.63) is 18.2 Å². The second kappa shape index (κ2) is 6.17. The lowest BCUT2D eigenvalue weighted by molar-refractivity contribution is 0.260. The predicted octanol–water partition coefficient (Wildman–Crippen LogP) is 1.24. The lowest BCUT2D eigenvalue weighted by atomic mass is 9.94. The normalized spacial score (nSPS) is 17.8. The molecule has 1 saturated heterocycles. The zero-order valence-electron chi connectivity index (χ0n) is 11.0. The van der Waals surface area contributed by atoms with Crippen LogP contribution in [0.15, 0.2) is 12.4 Å². The number of nitrogens with zero attached hydrogens (tertiary/aromatic N) is 3. The average molecular weight is 236 g/mol. The minimum Gasteiger partial charge on any atom is -0.337 e. The molecule has 4 heteroatoms. The van der Waals surface area contributed by atoms with E-state index in [1.165, 1.54) is 38.9 Å². The number of hydrogen-bond acceptors (Lipinski definition) is 3. The van der Waals surface area contributed by atoms with Gasteiger partial charge >= 0.3 is 0 Å². The molecule has 1 fully saturated rings. The molecular formula is C13H24N4. The molecule has 1 aliphatic rings. The molecule has 1 aromatic rings. The Morgan fingerprint density at radius 3 is 2.88 bits per heavy atom. The largest absolute Gasteiger partial charge is 0.337 e. The van der Waals surface area contributed by atoms with Crippen molar-refractivity contribution in [2.75, 3.05) is 26.7 Å². The highest BCUT2D eigenvalue weighted by atomic mass is 15.1. The van der Waals surface area contributed by atoms with Gasteiger partial charge in [-0.3, -0.25) is 4.90 Å². The highest BCUT2D eigenvalue weighted by molar-refractivity contribution is 4.90.